The molecule has 11 rings (SSSR count). The third-order valence-corrected chi connectivity index (χ3v) is 13.8. The lowest BCUT2D eigenvalue weighted by atomic mass is 9.33. The van der Waals surface area contributed by atoms with Crippen LogP contribution in [0.25, 0.3) is 22.3 Å². The van der Waals surface area contributed by atoms with Crippen LogP contribution in [0.2, 0.25) is 0 Å². The van der Waals surface area contributed by atoms with Crippen molar-refractivity contribution >= 4 is 57.2 Å². The highest BCUT2D eigenvalue weighted by Gasteiger charge is 2.46. The van der Waals surface area contributed by atoms with Crippen molar-refractivity contribution in [2.75, 3.05) is 9.80 Å². The Bertz CT molecular complexity index is 2870. The Kier molecular flexibility index (Phi) is 6.68. The zero-order valence-electron chi connectivity index (χ0n) is 34.0. The summed E-state index contributed by atoms with van der Waals surface area (Å²) in [4.78, 5) is 5.16. The minimum Gasteiger partial charge on any atom is -0.307 e. The van der Waals surface area contributed by atoms with E-state index in [1.807, 2.05) is 0 Å². The second-order valence-corrected chi connectivity index (χ2v) is 18.2. The molecule has 0 fully saturated rings. The van der Waals surface area contributed by atoms with Gasteiger partial charge in [0.05, 0.1) is 22.7 Å². The average molecular weight is 723 g/mol. The summed E-state index contributed by atoms with van der Waals surface area (Å²) in [6.45, 7) is 21.0. The van der Waals surface area contributed by atoms with E-state index < -0.39 is 0 Å². The largest absolute Gasteiger partial charge is 0.307 e. The van der Waals surface area contributed by atoms with Crippen molar-refractivity contribution in [3.05, 3.63) is 171 Å². The molecule has 272 valence electrons. The summed E-state index contributed by atoms with van der Waals surface area (Å²) in [6.07, 6.45) is 0. The predicted molar refractivity (Wildman–Crippen MR) is 239 cm³/mol. The lowest BCUT2D eigenvalue weighted by Gasteiger charge is -2.46. The van der Waals surface area contributed by atoms with Gasteiger partial charge < -0.3 is 9.80 Å². The molecule has 2 heterocycles. The van der Waals surface area contributed by atoms with Crippen molar-refractivity contribution < 1.29 is 0 Å². The quantitative estimate of drug-likeness (QED) is 0.164. The molecule has 3 heteroatoms. The summed E-state index contributed by atoms with van der Waals surface area (Å²) in [5.74, 6) is 0. The molecule has 0 spiro atoms. The molecule has 0 radical (unpaired) electrons. The van der Waals surface area contributed by atoms with Crippen LogP contribution in [-0.2, 0) is 10.8 Å². The van der Waals surface area contributed by atoms with Crippen LogP contribution in [0.4, 0.5) is 34.1 Å². The van der Waals surface area contributed by atoms with Gasteiger partial charge in [0, 0.05) is 22.2 Å². The van der Waals surface area contributed by atoms with Crippen LogP contribution < -0.4 is 26.2 Å². The molecule has 0 aromatic heterocycles. The number of benzene rings is 7. The molecular formula is C53H47BN2. The maximum atomic E-state index is 2.61. The SMILES string of the molecule is Cc1cc(C)c(B2c3cc4c(cc3N3c5ccccc5N(c5ccc6c(c5)C(C)(C)c5cc(C)ccc5-6)c5cccc2c53)C(C)(C)c2cc(C)ccc2-4)c(C)c1. The van der Waals surface area contributed by atoms with Crippen LogP contribution in [0, 0.1) is 34.6 Å². The van der Waals surface area contributed by atoms with E-state index >= 15 is 0 Å². The predicted octanol–water partition coefficient (Wildman–Crippen LogP) is 11.9. The molecule has 56 heavy (non-hydrogen) atoms. The number of rotatable bonds is 2. The molecule has 2 aliphatic heterocycles. The van der Waals surface area contributed by atoms with E-state index in [0.29, 0.717) is 0 Å². The summed E-state index contributed by atoms with van der Waals surface area (Å²) in [7, 11) is 0. The molecule has 0 unspecified atom stereocenters. The third kappa shape index (κ3) is 4.29. The smallest absolute Gasteiger partial charge is 0.247 e. The number of hydrogen-bond acceptors (Lipinski definition) is 2. The molecular weight excluding hydrogens is 675 g/mol. The van der Waals surface area contributed by atoms with E-state index in [2.05, 4.69) is 193 Å². The van der Waals surface area contributed by atoms with Crippen LogP contribution in [0.1, 0.15) is 77.8 Å². The molecule has 0 atom stereocenters. The number of anilines is 6. The Labute approximate surface area is 332 Å². The maximum absolute atomic E-state index is 2.61. The number of fused-ring (bicyclic) bond motifs is 10. The highest BCUT2D eigenvalue weighted by Crippen LogP contribution is 2.58. The highest BCUT2D eigenvalue weighted by atomic mass is 15.3. The maximum Gasteiger partial charge on any atom is 0.247 e. The molecule has 2 nitrogen and oxygen atoms in total. The van der Waals surface area contributed by atoms with Crippen molar-refractivity contribution in [2.45, 2.75) is 73.1 Å². The van der Waals surface area contributed by atoms with Crippen molar-refractivity contribution in [3.63, 3.8) is 0 Å². The standard InChI is InChI=1S/C53H47BN2/c1-30-17-20-36-37-22-19-35(27-42(37)52(6,7)40(36)25-30)55-46-14-10-11-15-47(46)56-49-29-43-39(38-21-18-31(2)26-41(38)53(43,8)9)28-45(49)54(44-13-12-16-48(55)51(44)56)50-33(4)23-32(3)24-34(50)5/h10-29H,1-9H3. The summed E-state index contributed by atoms with van der Waals surface area (Å²) in [5, 5.41) is 0. The average Bonchev–Trinajstić information content (AvgIpc) is 3.52. The lowest BCUT2D eigenvalue weighted by Crippen LogP contribution is -2.59. The fourth-order valence-corrected chi connectivity index (χ4v) is 11.3. The molecule has 0 bridgehead atoms. The van der Waals surface area contributed by atoms with E-state index in [-0.39, 0.29) is 17.5 Å². The first-order valence-corrected chi connectivity index (χ1v) is 20.3. The number of aryl methyl sites for hydroxylation is 5. The normalized spacial score (nSPS) is 15.8. The van der Waals surface area contributed by atoms with Gasteiger partial charge in [0.15, 0.2) is 0 Å². The zero-order valence-corrected chi connectivity index (χ0v) is 34.0. The molecule has 0 saturated heterocycles. The molecule has 7 aromatic rings. The van der Waals surface area contributed by atoms with Crippen LogP contribution in [0.5, 0.6) is 0 Å². The van der Waals surface area contributed by atoms with Crippen molar-refractivity contribution in [3.8, 4) is 22.3 Å². The first kappa shape index (κ1) is 33.5. The lowest BCUT2D eigenvalue weighted by molar-refractivity contribution is 0.659. The Balaban J connectivity index is 1.20. The first-order chi connectivity index (χ1) is 26.8. The Morgan fingerprint density at radius 1 is 0.411 bits per heavy atom. The van der Waals surface area contributed by atoms with Gasteiger partial charge in [-0.25, -0.2) is 0 Å². The van der Waals surface area contributed by atoms with Gasteiger partial charge in [-0.05, 0) is 126 Å². The summed E-state index contributed by atoms with van der Waals surface area (Å²) >= 11 is 0. The summed E-state index contributed by atoms with van der Waals surface area (Å²) in [5.41, 5.74) is 29.1. The van der Waals surface area contributed by atoms with Crippen LogP contribution in [0.3, 0.4) is 0 Å². The molecule has 4 aliphatic rings. The second-order valence-electron chi connectivity index (χ2n) is 18.2. The van der Waals surface area contributed by atoms with Crippen molar-refractivity contribution in [1.82, 2.24) is 0 Å². The molecule has 2 aliphatic carbocycles. The van der Waals surface area contributed by atoms with Crippen molar-refractivity contribution in [2.24, 2.45) is 0 Å². The fourth-order valence-electron chi connectivity index (χ4n) is 11.3. The van der Waals surface area contributed by atoms with Gasteiger partial charge in [-0.2, -0.15) is 0 Å². The highest BCUT2D eigenvalue weighted by molar-refractivity contribution is 6.98. The van der Waals surface area contributed by atoms with Gasteiger partial charge >= 0.3 is 0 Å². The van der Waals surface area contributed by atoms with Gasteiger partial charge in [-0.1, -0.05) is 146 Å². The monoisotopic (exact) mass is 722 g/mol. The minimum atomic E-state index is -0.120. The fraction of sp³-hybridized carbons (Fsp3) is 0.208. The molecule has 0 N–H and O–H groups in total. The van der Waals surface area contributed by atoms with Gasteiger partial charge in [0.1, 0.15) is 0 Å². The van der Waals surface area contributed by atoms with Gasteiger partial charge in [-0.3, -0.25) is 0 Å². The number of nitrogens with zero attached hydrogens (tertiary/aromatic N) is 2. The minimum absolute atomic E-state index is 0.0727. The van der Waals surface area contributed by atoms with Gasteiger partial charge in [-0.15, -0.1) is 0 Å². The molecule has 0 saturated carbocycles. The zero-order chi connectivity index (χ0) is 38.6. The van der Waals surface area contributed by atoms with Gasteiger partial charge in [0.25, 0.3) is 0 Å². The van der Waals surface area contributed by atoms with Gasteiger partial charge in [0.2, 0.25) is 6.71 Å². The van der Waals surface area contributed by atoms with E-state index in [1.165, 1.54) is 123 Å². The topological polar surface area (TPSA) is 6.48 Å². The Morgan fingerprint density at radius 2 is 0.946 bits per heavy atom. The summed E-state index contributed by atoms with van der Waals surface area (Å²) in [6, 6.07) is 47.3. The van der Waals surface area contributed by atoms with E-state index in [4.69, 9.17) is 0 Å². The van der Waals surface area contributed by atoms with Crippen LogP contribution >= 0.6 is 0 Å². The van der Waals surface area contributed by atoms with Crippen molar-refractivity contribution in [1.29, 1.82) is 0 Å². The van der Waals surface area contributed by atoms with E-state index in [9.17, 15) is 0 Å². The Hall–Kier alpha value is -5.80. The molecule has 0 amide bonds. The first-order valence-electron chi connectivity index (χ1n) is 20.3. The third-order valence-electron chi connectivity index (χ3n) is 13.8. The Morgan fingerprint density at radius 3 is 1.59 bits per heavy atom. The molecule has 7 aromatic carbocycles. The van der Waals surface area contributed by atoms with Crippen LogP contribution in [-0.4, -0.2) is 6.71 Å². The second kappa shape index (κ2) is 11.2. The van der Waals surface area contributed by atoms with Crippen LogP contribution in [0.15, 0.2) is 121 Å². The van der Waals surface area contributed by atoms with E-state index in [1.54, 1.807) is 0 Å². The number of para-hydroxylation sites is 3. The van der Waals surface area contributed by atoms with E-state index in [0.717, 1.165) is 0 Å². The number of hydrogen-bond donors (Lipinski definition) is 0. The summed E-state index contributed by atoms with van der Waals surface area (Å²) < 4.78 is 0.